The van der Waals surface area contributed by atoms with E-state index in [0.29, 0.717) is 40.6 Å². The van der Waals surface area contributed by atoms with Crippen molar-refractivity contribution in [2.75, 3.05) is 0 Å². The Balaban J connectivity index is 1.24. The zero-order valence-corrected chi connectivity index (χ0v) is 20.5. The zero-order chi connectivity index (χ0) is 26.2. The van der Waals surface area contributed by atoms with E-state index in [1.54, 1.807) is 24.7 Å². The Hall–Kier alpha value is -5.44. The van der Waals surface area contributed by atoms with E-state index in [4.69, 9.17) is 14.7 Å². The van der Waals surface area contributed by atoms with Crippen molar-refractivity contribution in [3.05, 3.63) is 109 Å². The molecule has 0 saturated carbocycles. The van der Waals surface area contributed by atoms with Gasteiger partial charge < -0.3 is 9.72 Å². The number of hydrogen-bond donors (Lipinski definition) is 2. The van der Waals surface area contributed by atoms with Gasteiger partial charge in [-0.05, 0) is 47.5 Å². The molecular formula is C30H20FN7O. The smallest absolute Gasteiger partial charge is 0.162 e. The fourth-order valence-corrected chi connectivity index (χ4v) is 4.52. The van der Waals surface area contributed by atoms with Crippen LogP contribution >= 0.6 is 0 Å². The Morgan fingerprint density at radius 1 is 0.821 bits per heavy atom. The van der Waals surface area contributed by atoms with Gasteiger partial charge in [0.15, 0.2) is 17.2 Å². The number of hydrogen-bond acceptors (Lipinski definition) is 6. The number of fused-ring (bicyclic) bond motifs is 2. The van der Waals surface area contributed by atoms with Crippen LogP contribution in [0.5, 0.6) is 5.75 Å². The summed E-state index contributed by atoms with van der Waals surface area (Å²) in [4.78, 5) is 21.7. The topological polar surface area (TPSA) is 105 Å². The molecule has 0 aliphatic rings. The molecule has 9 heteroatoms. The van der Waals surface area contributed by atoms with Gasteiger partial charge in [-0.15, -0.1) is 0 Å². The Labute approximate surface area is 221 Å². The number of aromatic amines is 2. The lowest BCUT2D eigenvalue weighted by Gasteiger charge is -2.08. The van der Waals surface area contributed by atoms with Gasteiger partial charge in [-0.25, -0.2) is 19.3 Å². The Kier molecular flexibility index (Phi) is 5.51. The lowest BCUT2D eigenvalue weighted by molar-refractivity contribution is 0.305. The quantitative estimate of drug-likeness (QED) is 0.269. The van der Waals surface area contributed by atoms with Crippen molar-refractivity contribution < 1.29 is 9.13 Å². The molecule has 5 aromatic heterocycles. The van der Waals surface area contributed by atoms with Gasteiger partial charge in [-0.1, -0.05) is 42.5 Å². The number of halogens is 1. The first-order valence-electron chi connectivity index (χ1n) is 12.3. The molecule has 7 rings (SSSR count). The normalized spacial score (nSPS) is 11.3. The number of pyridine rings is 3. The van der Waals surface area contributed by atoms with Gasteiger partial charge in [0.05, 0.1) is 17.4 Å². The molecule has 0 unspecified atom stereocenters. The fourth-order valence-electron chi connectivity index (χ4n) is 4.52. The first kappa shape index (κ1) is 22.7. The summed E-state index contributed by atoms with van der Waals surface area (Å²) in [6.07, 6.45) is 5.11. The largest absolute Gasteiger partial charge is 0.487 e. The second kappa shape index (κ2) is 9.46. The summed E-state index contributed by atoms with van der Waals surface area (Å²) in [6.45, 7) is 0.446. The summed E-state index contributed by atoms with van der Waals surface area (Å²) >= 11 is 0. The van der Waals surface area contributed by atoms with Crippen molar-refractivity contribution >= 4 is 22.2 Å². The summed E-state index contributed by atoms with van der Waals surface area (Å²) < 4.78 is 19.9. The molecule has 0 atom stereocenters. The van der Waals surface area contributed by atoms with E-state index in [0.717, 1.165) is 33.5 Å². The molecule has 188 valence electrons. The Bertz CT molecular complexity index is 1950. The van der Waals surface area contributed by atoms with Crippen LogP contribution in [0.3, 0.4) is 0 Å². The molecule has 0 aliphatic carbocycles. The Morgan fingerprint density at radius 2 is 1.74 bits per heavy atom. The lowest BCUT2D eigenvalue weighted by Crippen LogP contribution is -1.96. The van der Waals surface area contributed by atoms with Crippen LogP contribution in [0.2, 0.25) is 0 Å². The third-order valence-electron chi connectivity index (χ3n) is 6.41. The van der Waals surface area contributed by atoms with Crippen LogP contribution < -0.4 is 4.74 Å². The van der Waals surface area contributed by atoms with Gasteiger partial charge in [0.1, 0.15) is 29.2 Å². The standard InChI is InChI=1S/C30H20FN7O/c31-21-8-4-7-19(13-21)23-11-12-33-29-26(23)35-30(36-29)28-27-25(37-38-28)10-9-24(34-27)20-14-22(16-32-15-20)39-17-18-5-2-1-3-6-18/h1-16H,17H2,(H,37,38)(H,33,35,36). The van der Waals surface area contributed by atoms with Crippen LogP contribution in [0.15, 0.2) is 97.5 Å². The third kappa shape index (κ3) is 4.36. The maximum atomic E-state index is 13.9. The molecule has 7 aromatic rings. The first-order valence-corrected chi connectivity index (χ1v) is 12.3. The molecule has 0 spiro atoms. The number of aromatic nitrogens is 7. The maximum absolute atomic E-state index is 13.9. The van der Waals surface area contributed by atoms with E-state index in [-0.39, 0.29) is 5.82 Å². The lowest BCUT2D eigenvalue weighted by atomic mass is 10.1. The van der Waals surface area contributed by atoms with Gasteiger partial charge in [-0.3, -0.25) is 10.1 Å². The minimum atomic E-state index is -0.313. The molecule has 0 fully saturated rings. The molecule has 2 N–H and O–H groups in total. The van der Waals surface area contributed by atoms with Crippen molar-refractivity contribution in [2.45, 2.75) is 6.61 Å². The highest BCUT2D eigenvalue weighted by atomic mass is 19.1. The maximum Gasteiger partial charge on any atom is 0.162 e. The van der Waals surface area contributed by atoms with Crippen LogP contribution in [0.1, 0.15) is 5.56 Å². The highest BCUT2D eigenvalue weighted by molar-refractivity contribution is 5.94. The average molecular weight is 514 g/mol. The number of H-pyrrole nitrogens is 2. The van der Waals surface area contributed by atoms with Gasteiger partial charge in [0, 0.05) is 23.5 Å². The van der Waals surface area contributed by atoms with Gasteiger partial charge in [0.2, 0.25) is 0 Å². The van der Waals surface area contributed by atoms with E-state index < -0.39 is 0 Å². The van der Waals surface area contributed by atoms with E-state index in [1.165, 1.54) is 12.1 Å². The molecule has 2 aromatic carbocycles. The summed E-state index contributed by atoms with van der Waals surface area (Å²) in [5.41, 5.74) is 7.26. The van der Waals surface area contributed by atoms with Gasteiger partial charge in [0.25, 0.3) is 0 Å². The monoisotopic (exact) mass is 513 g/mol. The van der Waals surface area contributed by atoms with E-state index in [1.807, 2.05) is 60.7 Å². The molecule has 0 amide bonds. The average Bonchev–Trinajstić information content (AvgIpc) is 3.60. The molecule has 0 saturated heterocycles. The van der Waals surface area contributed by atoms with Crippen molar-refractivity contribution in [1.29, 1.82) is 0 Å². The third-order valence-corrected chi connectivity index (χ3v) is 6.41. The summed E-state index contributed by atoms with van der Waals surface area (Å²) in [5, 5.41) is 7.51. The van der Waals surface area contributed by atoms with Crippen molar-refractivity contribution in [3.63, 3.8) is 0 Å². The summed E-state index contributed by atoms with van der Waals surface area (Å²) in [7, 11) is 0. The second-order valence-electron chi connectivity index (χ2n) is 9.00. The van der Waals surface area contributed by atoms with E-state index in [2.05, 4.69) is 25.1 Å². The highest BCUT2D eigenvalue weighted by Gasteiger charge is 2.18. The number of nitrogens with one attached hydrogen (secondary N) is 2. The molecule has 0 radical (unpaired) electrons. The molecule has 8 nitrogen and oxygen atoms in total. The summed E-state index contributed by atoms with van der Waals surface area (Å²) in [5.74, 6) is 0.849. The van der Waals surface area contributed by atoms with Crippen LogP contribution in [-0.2, 0) is 6.61 Å². The number of imidazole rings is 1. The van der Waals surface area contributed by atoms with Crippen molar-refractivity contribution in [2.24, 2.45) is 0 Å². The molecular weight excluding hydrogens is 493 g/mol. The minimum Gasteiger partial charge on any atom is -0.487 e. The number of rotatable bonds is 6. The Morgan fingerprint density at radius 3 is 2.64 bits per heavy atom. The van der Waals surface area contributed by atoms with Crippen LogP contribution in [0.25, 0.3) is 56.1 Å². The zero-order valence-electron chi connectivity index (χ0n) is 20.5. The first-order chi connectivity index (χ1) is 19.2. The van der Waals surface area contributed by atoms with E-state index in [9.17, 15) is 4.39 Å². The predicted octanol–water partition coefficient (Wildman–Crippen LogP) is 6.34. The van der Waals surface area contributed by atoms with Crippen LogP contribution in [-0.4, -0.2) is 35.1 Å². The van der Waals surface area contributed by atoms with Gasteiger partial charge >= 0.3 is 0 Å². The number of benzene rings is 2. The molecule has 0 bridgehead atoms. The van der Waals surface area contributed by atoms with Crippen molar-refractivity contribution in [3.8, 4) is 39.7 Å². The molecule has 39 heavy (non-hydrogen) atoms. The van der Waals surface area contributed by atoms with Gasteiger partial charge in [-0.2, -0.15) is 5.10 Å². The van der Waals surface area contributed by atoms with Crippen LogP contribution in [0.4, 0.5) is 4.39 Å². The van der Waals surface area contributed by atoms with Crippen LogP contribution in [0, 0.1) is 5.82 Å². The molecule has 5 heterocycles. The highest BCUT2D eigenvalue weighted by Crippen LogP contribution is 2.31. The van der Waals surface area contributed by atoms with Crippen molar-refractivity contribution in [1.82, 2.24) is 35.1 Å². The minimum absolute atomic E-state index is 0.313. The summed E-state index contributed by atoms with van der Waals surface area (Å²) in [6, 6.07) is 23.9. The number of ether oxygens (including phenoxy) is 1. The SMILES string of the molecule is Fc1cccc(-c2ccnc3[nH]c(-c4n[nH]c5ccc(-c6cncc(OCc7ccccc7)c6)nc45)nc23)c1. The number of nitrogens with zero attached hydrogens (tertiary/aromatic N) is 5. The molecule has 0 aliphatic heterocycles. The predicted molar refractivity (Wildman–Crippen MR) is 146 cm³/mol. The fraction of sp³-hybridized carbons (Fsp3) is 0.0333. The van der Waals surface area contributed by atoms with E-state index >= 15 is 0 Å². The second-order valence-corrected chi connectivity index (χ2v) is 9.00.